The van der Waals surface area contributed by atoms with E-state index in [1.54, 1.807) is 50.5 Å². The molecule has 4 aromatic rings. The number of ketones is 2. The molecule has 6 heterocycles. The van der Waals surface area contributed by atoms with Crippen molar-refractivity contribution in [3.63, 3.8) is 0 Å². The normalized spacial score (nSPS) is 23.3. The topological polar surface area (TPSA) is 190 Å². The Labute approximate surface area is 626 Å². The van der Waals surface area contributed by atoms with E-state index in [1.165, 1.54) is 130 Å². The number of nitrogens with two attached hydrogens (primary N) is 1. The number of nitrogen functional groups attached to an aromatic ring is 1. The molecule has 4 aliphatic heterocycles. The van der Waals surface area contributed by atoms with Crippen LogP contribution in [0, 0.1) is 30.6 Å². The molecule has 96 heavy (non-hydrogen) atoms. The van der Waals surface area contributed by atoms with Crippen LogP contribution in [0.5, 0.6) is 11.5 Å². The maximum absolute atomic E-state index is 13.4. The van der Waals surface area contributed by atoms with E-state index < -0.39 is 0 Å². The fraction of sp³-hybridized carbons (Fsp3) is 0.667. The fourth-order valence-electron chi connectivity index (χ4n) is 15.3. The molecule has 4 saturated carbocycles. The van der Waals surface area contributed by atoms with Crippen LogP contribution in [0.1, 0.15) is 182 Å². The van der Waals surface area contributed by atoms with E-state index in [1.807, 2.05) is 75.9 Å². The number of carbonyl (C=O) groups is 4. The number of likely N-dealkylation sites (N-methyl/N-ethyl adjacent to an activating group) is 2. The molecule has 2 aromatic heterocycles. The summed E-state index contributed by atoms with van der Waals surface area (Å²) in [5, 5.41) is 0. The first-order chi connectivity index (χ1) is 46.2. The van der Waals surface area contributed by atoms with Gasteiger partial charge in [0, 0.05) is 177 Å². The van der Waals surface area contributed by atoms with E-state index in [2.05, 4.69) is 128 Å². The molecule has 4 aliphatic carbocycles. The van der Waals surface area contributed by atoms with Crippen LogP contribution < -0.4 is 48.1 Å². The van der Waals surface area contributed by atoms with Crippen molar-refractivity contribution in [1.29, 1.82) is 0 Å². The predicted octanol–water partition coefficient (Wildman–Crippen LogP) is 10.9. The number of aryl methyl sites for hydroxylation is 1. The number of rotatable bonds is 20. The van der Waals surface area contributed by atoms with Gasteiger partial charge in [-0.3, -0.25) is 29.0 Å². The van der Waals surface area contributed by atoms with Gasteiger partial charge in [0.1, 0.15) is 40.8 Å². The first kappa shape index (κ1) is 79.1. The van der Waals surface area contributed by atoms with Gasteiger partial charge in [-0.05, 0) is 166 Å². The average molecular weight is 1890 g/mol. The van der Waals surface area contributed by atoms with Gasteiger partial charge in [0.15, 0.2) is 23.2 Å². The molecule has 0 unspecified atom stereocenters. The van der Waals surface area contributed by atoms with Gasteiger partial charge in [0.25, 0.3) is 0 Å². The number of Topliss-reactive ketones (excluding diaryl/α,β-unsaturated/α-hetero) is 2. The van der Waals surface area contributed by atoms with Crippen molar-refractivity contribution in [2.75, 3.05) is 119 Å². The van der Waals surface area contributed by atoms with Crippen molar-refractivity contribution in [2.24, 2.45) is 23.7 Å². The quantitative estimate of drug-likeness (QED) is 0.0649. The molecule has 2 amide bonds. The molecule has 2 saturated heterocycles. The number of anilines is 5. The molecule has 24 heteroatoms. The van der Waals surface area contributed by atoms with Gasteiger partial charge in [0.2, 0.25) is 17.8 Å². The number of benzene rings is 2. The standard InChI is InChI=1S/C36H52N6O3.C24H36N2O2.C12H19N5O.I3.I2/c1-6-30-36(44)39(4)31-22-37-34(38-35(31)42(30)24(2)3)21-28-12-11-27(20-33(28)45-5)32(43)19-25-9-13-29(14-10-25)41-17-15-40(16-18-41)23-26-7-8-26;1-18-3-8-21(16-24(18)28-2)23(27)15-19-6-9-22(10-7-19)26-13-11-25(12-14-26)17-20-4-5-20;1-5-8-11(18)16(4)9-6-14-12(13)15-10(9)17(8)7(2)3;1-3-2;1-2/h11-12,20,22,24-26,29-30H,6-10,13-19,21,23H2,1-5H3;3,8,16,19-20,22H,4-7,9-15,17H2,1-2H3;6-8H,5H2,1-4H3,(H2,13,14,15);;/q;;;-1;/t25?,29?,30-;;8-;;/m1.1../s1. The number of halogens is 5. The Morgan fingerprint density at radius 2 is 0.979 bits per heavy atom. The zero-order chi connectivity index (χ0) is 69.3. The van der Waals surface area contributed by atoms with Crippen LogP contribution in [0.25, 0.3) is 0 Å². The summed E-state index contributed by atoms with van der Waals surface area (Å²) in [4.78, 5) is 87.5. The number of nitrogens with zero attached hydrogens (tertiary/aromatic N) is 12. The van der Waals surface area contributed by atoms with Gasteiger partial charge in [0.05, 0.1) is 26.6 Å². The summed E-state index contributed by atoms with van der Waals surface area (Å²) in [5.74, 6) is 7.55. The van der Waals surface area contributed by atoms with E-state index in [4.69, 9.17) is 20.2 Å². The molecule has 8 aliphatic rings. The fourth-order valence-corrected chi connectivity index (χ4v) is 15.3. The maximum atomic E-state index is 13.4. The second-order valence-electron chi connectivity index (χ2n) is 28.2. The summed E-state index contributed by atoms with van der Waals surface area (Å²) in [6, 6.07) is 13.0. The van der Waals surface area contributed by atoms with E-state index >= 15 is 0 Å². The number of aromatic nitrogens is 4. The predicted molar refractivity (Wildman–Crippen MR) is 419 cm³/mol. The minimum atomic E-state index is -0.243. The number of fused-ring (bicyclic) bond motifs is 2. The summed E-state index contributed by atoms with van der Waals surface area (Å²) >= 11 is 9.54. The molecular formula is C72H107I5N13O6-. The number of amides is 2. The van der Waals surface area contributed by atoms with Crippen molar-refractivity contribution >= 4 is 127 Å². The number of hydrogen-bond donors (Lipinski definition) is 1. The molecular weight excluding hydrogens is 1780 g/mol. The summed E-state index contributed by atoms with van der Waals surface area (Å²) in [6.07, 6.45) is 22.0. The summed E-state index contributed by atoms with van der Waals surface area (Å²) in [5.41, 5.74) is 10.6. The Morgan fingerprint density at radius 1 is 0.583 bits per heavy atom. The number of carbonyl (C=O) groups excluding carboxylic acids is 4. The van der Waals surface area contributed by atoms with E-state index in [9.17, 15) is 19.2 Å². The van der Waals surface area contributed by atoms with Gasteiger partial charge in [-0.25, -0.2) is 15.0 Å². The van der Waals surface area contributed by atoms with Crippen molar-refractivity contribution < 1.29 is 41.9 Å². The molecule has 12 rings (SSSR count). The van der Waals surface area contributed by atoms with Crippen LogP contribution in [-0.4, -0.2) is 193 Å². The second kappa shape index (κ2) is 38.6. The third-order valence-electron chi connectivity index (χ3n) is 21.1. The van der Waals surface area contributed by atoms with Crippen molar-refractivity contribution in [1.82, 2.24) is 39.5 Å². The van der Waals surface area contributed by atoms with Crippen molar-refractivity contribution in [3.05, 3.63) is 76.9 Å². The van der Waals surface area contributed by atoms with Gasteiger partial charge < -0.3 is 44.6 Å². The SMILES string of the molecule is CC[C@@H]1C(=O)N(C)c2cnc(Cc3ccc(C(=O)CC4CCC(N5CCN(CC6CC6)CC5)CC4)cc3OC)nc2N1C(C)C.CC[C@@H]1C(=O)N(C)c2cnc(N)nc2N1C(C)C.COc1cc(C(=O)CC2CCC(N3CCN(CC4CC4)CC3)CC2)ccc1C.II.I[I-]I. The first-order valence-electron chi connectivity index (χ1n) is 35.2. The molecule has 19 nitrogen and oxygen atoms in total. The van der Waals surface area contributed by atoms with Crippen LogP contribution in [0.3, 0.4) is 0 Å². The number of methoxy groups -OCH3 is 2. The number of ether oxygens (including phenoxy) is 2. The van der Waals surface area contributed by atoms with Gasteiger partial charge in [-0.2, -0.15) is 4.98 Å². The van der Waals surface area contributed by atoms with Gasteiger partial charge >= 0.3 is 50.5 Å². The van der Waals surface area contributed by atoms with Crippen molar-refractivity contribution in [3.8, 4) is 11.5 Å². The minimum absolute atomic E-state index is 0.0717. The summed E-state index contributed by atoms with van der Waals surface area (Å²) < 4.78 is 11.1. The van der Waals surface area contributed by atoms with Crippen LogP contribution in [0.2, 0.25) is 0 Å². The Hall–Kier alpha value is -2.63. The zero-order valence-corrected chi connectivity index (χ0v) is 69.6. The third-order valence-corrected chi connectivity index (χ3v) is 21.1. The second-order valence-corrected chi connectivity index (χ2v) is 44.4. The first-order valence-corrected chi connectivity index (χ1v) is 54.0. The van der Waals surface area contributed by atoms with Crippen LogP contribution in [0.15, 0.2) is 48.8 Å². The van der Waals surface area contributed by atoms with E-state index in [0.717, 1.165) is 76.9 Å². The molecule has 0 spiro atoms. The molecule has 6 fully saturated rings. The third kappa shape index (κ3) is 21.3. The van der Waals surface area contributed by atoms with Crippen LogP contribution >= 0.6 is 74.5 Å². The van der Waals surface area contributed by atoms with Crippen LogP contribution in [0.4, 0.5) is 29.0 Å². The number of piperazine rings is 2. The van der Waals surface area contributed by atoms with E-state index in [0.29, 0.717) is 79.6 Å². The van der Waals surface area contributed by atoms with E-state index in [-0.39, 0.29) is 53.5 Å². The Kier molecular flexibility index (Phi) is 31.8. The Morgan fingerprint density at radius 3 is 1.39 bits per heavy atom. The molecule has 532 valence electrons. The van der Waals surface area contributed by atoms with Crippen molar-refractivity contribution in [2.45, 2.75) is 194 Å². The number of hydrogen-bond acceptors (Lipinski definition) is 17. The van der Waals surface area contributed by atoms with Gasteiger partial charge in [-0.1, -0.05) is 38.1 Å². The molecule has 2 aromatic carbocycles. The Balaban J connectivity index is 0.000000196. The summed E-state index contributed by atoms with van der Waals surface area (Å²) in [7, 11) is 6.87. The zero-order valence-electron chi connectivity index (χ0n) is 58.8. The average Bonchev–Trinajstić information content (AvgIpc) is 0.913. The molecule has 0 bridgehead atoms. The Bertz CT molecular complexity index is 3170. The van der Waals surface area contributed by atoms with Crippen LogP contribution in [-0.2, 0) is 16.0 Å². The molecule has 0 radical (unpaired) electrons. The monoisotopic (exact) mass is 1880 g/mol. The summed E-state index contributed by atoms with van der Waals surface area (Å²) in [6.45, 7) is 26.8. The van der Waals surface area contributed by atoms with Gasteiger partial charge in [-0.15, -0.1) is 0 Å². The molecule has 2 N–H and O–H groups in total. The molecule has 2 atom stereocenters.